The van der Waals surface area contributed by atoms with Crippen LogP contribution in [0.25, 0.3) is 0 Å². The Labute approximate surface area is 115 Å². The molecule has 0 atom stereocenters. The molecule has 0 unspecified atom stereocenters. The van der Waals surface area contributed by atoms with Gasteiger partial charge in [-0.1, -0.05) is 11.6 Å². The summed E-state index contributed by atoms with van der Waals surface area (Å²) in [6, 6.07) is 2.95. The van der Waals surface area contributed by atoms with Gasteiger partial charge in [-0.25, -0.2) is 4.39 Å². The van der Waals surface area contributed by atoms with Crippen molar-refractivity contribution >= 4 is 23.1 Å². The Morgan fingerprint density at radius 3 is 2.55 bits per heavy atom. The SMILES string of the molecule is O=[N+]([O-])c1ccc(F)cc1Cn1cc(Cl)c([N+](=O)[O-])n1. The lowest BCUT2D eigenvalue weighted by Gasteiger charge is -2.01. The molecule has 1 aromatic heterocycles. The second-order valence-corrected chi connectivity index (χ2v) is 4.19. The first-order chi connectivity index (χ1) is 9.38. The fourth-order valence-electron chi connectivity index (χ4n) is 1.62. The predicted octanol–water partition coefficient (Wildman–Crippen LogP) is 2.54. The van der Waals surface area contributed by atoms with Crippen LogP contribution in [-0.2, 0) is 6.54 Å². The highest BCUT2D eigenvalue weighted by Gasteiger charge is 2.22. The van der Waals surface area contributed by atoms with E-state index in [9.17, 15) is 24.6 Å². The number of hydrogen-bond acceptors (Lipinski definition) is 5. The van der Waals surface area contributed by atoms with Gasteiger partial charge in [-0.05, 0) is 17.1 Å². The lowest BCUT2D eigenvalue weighted by Crippen LogP contribution is -2.05. The van der Waals surface area contributed by atoms with E-state index in [0.717, 1.165) is 29.1 Å². The topological polar surface area (TPSA) is 104 Å². The summed E-state index contributed by atoms with van der Waals surface area (Å²) in [6.07, 6.45) is 1.15. The van der Waals surface area contributed by atoms with Gasteiger partial charge in [0, 0.05) is 6.07 Å². The van der Waals surface area contributed by atoms with Crippen LogP contribution >= 0.6 is 11.6 Å². The molecule has 0 N–H and O–H groups in total. The van der Waals surface area contributed by atoms with E-state index in [1.807, 2.05) is 0 Å². The summed E-state index contributed by atoms with van der Waals surface area (Å²) in [5, 5.41) is 24.8. The molecule has 0 fully saturated rings. The fourth-order valence-corrected chi connectivity index (χ4v) is 1.84. The van der Waals surface area contributed by atoms with Crippen molar-refractivity contribution in [3.63, 3.8) is 0 Å². The monoisotopic (exact) mass is 300 g/mol. The van der Waals surface area contributed by atoms with Crippen molar-refractivity contribution in [3.8, 4) is 0 Å². The first-order valence-corrected chi connectivity index (χ1v) is 5.56. The van der Waals surface area contributed by atoms with Crippen molar-refractivity contribution in [3.05, 3.63) is 61.0 Å². The van der Waals surface area contributed by atoms with Crippen LogP contribution in [0, 0.1) is 26.0 Å². The van der Waals surface area contributed by atoms with Gasteiger partial charge in [0.1, 0.15) is 5.82 Å². The third-order valence-electron chi connectivity index (χ3n) is 2.44. The number of nitro benzene ring substituents is 1. The second kappa shape index (κ2) is 5.21. The molecule has 8 nitrogen and oxygen atoms in total. The summed E-state index contributed by atoms with van der Waals surface area (Å²) < 4.78 is 14.2. The summed E-state index contributed by atoms with van der Waals surface area (Å²) in [6.45, 7) is -0.207. The summed E-state index contributed by atoms with van der Waals surface area (Å²) >= 11 is 5.61. The molecular formula is C10H6ClFN4O4. The van der Waals surface area contributed by atoms with Gasteiger partial charge in [0.05, 0.1) is 28.3 Å². The Balaban J connectivity index is 2.39. The molecule has 1 heterocycles. The molecule has 0 amide bonds. The zero-order valence-electron chi connectivity index (χ0n) is 9.69. The van der Waals surface area contributed by atoms with Crippen LogP contribution in [-0.4, -0.2) is 19.6 Å². The quantitative estimate of drug-likeness (QED) is 0.637. The molecular weight excluding hydrogens is 295 g/mol. The van der Waals surface area contributed by atoms with Gasteiger partial charge in [-0.15, -0.1) is 0 Å². The van der Waals surface area contributed by atoms with Crippen LogP contribution < -0.4 is 0 Å². The smallest absolute Gasteiger partial charge is 0.358 e. The number of hydrogen-bond donors (Lipinski definition) is 0. The number of benzene rings is 1. The first-order valence-electron chi connectivity index (χ1n) is 5.18. The molecule has 1 aromatic carbocycles. The molecule has 10 heteroatoms. The Bertz CT molecular complexity index is 703. The Kier molecular flexibility index (Phi) is 3.61. The maximum Gasteiger partial charge on any atom is 0.408 e. The van der Waals surface area contributed by atoms with E-state index in [4.69, 9.17) is 11.6 Å². The predicted molar refractivity (Wildman–Crippen MR) is 66.0 cm³/mol. The highest BCUT2D eigenvalue weighted by molar-refractivity contribution is 6.32. The minimum atomic E-state index is -0.779. The third kappa shape index (κ3) is 2.72. The largest absolute Gasteiger partial charge is 0.408 e. The van der Waals surface area contributed by atoms with Gasteiger partial charge < -0.3 is 10.1 Å². The summed E-state index contributed by atoms with van der Waals surface area (Å²) in [7, 11) is 0. The van der Waals surface area contributed by atoms with Crippen LogP contribution in [0.5, 0.6) is 0 Å². The van der Waals surface area contributed by atoms with Crippen molar-refractivity contribution in [2.24, 2.45) is 0 Å². The molecule has 104 valence electrons. The molecule has 0 spiro atoms. The van der Waals surface area contributed by atoms with Gasteiger partial charge in [0.2, 0.25) is 0 Å². The van der Waals surface area contributed by atoms with E-state index in [2.05, 4.69) is 5.10 Å². The lowest BCUT2D eigenvalue weighted by atomic mass is 10.2. The van der Waals surface area contributed by atoms with Gasteiger partial charge in [-0.2, -0.15) is 4.68 Å². The molecule has 0 aliphatic heterocycles. The van der Waals surface area contributed by atoms with Crippen LogP contribution in [0.3, 0.4) is 0 Å². The molecule has 2 rings (SSSR count). The molecule has 0 saturated carbocycles. The van der Waals surface area contributed by atoms with Gasteiger partial charge >= 0.3 is 5.82 Å². The van der Waals surface area contributed by atoms with E-state index in [1.54, 1.807) is 0 Å². The Morgan fingerprint density at radius 2 is 2.00 bits per heavy atom. The van der Waals surface area contributed by atoms with Gasteiger partial charge in [0.15, 0.2) is 5.02 Å². The number of nitrogens with zero attached hydrogens (tertiary/aromatic N) is 4. The van der Waals surface area contributed by atoms with Crippen LogP contribution in [0.15, 0.2) is 24.4 Å². The summed E-state index contributed by atoms with van der Waals surface area (Å²) in [5.41, 5.74) is -0.273. The standard InChI is InChI=1S/C10H6ClFN4O4/c11-8-5-14(13-10(8)16(19)20)4-6-3-7(12)1-2-9(6)15(17)18/h1-3,5H,4H2. The zero-order valence-corrected chi connectivity index (χ0v) is 10.5. The van der Waals surface area contributed by atoms with E-state index in [-0.39, 0.29) is 22.8 Å². The van der Waals surface area contributed by atoms with E-state index in [0.29, 0.717) is 0 Å². The minimum absolute atomic E-state index is 0.0315. The average molecular weight is 301 g/mol. The molecule has 0 bridgehead atoms. The molecule has 2 aromatic rings. The van der Waals surface area contributed by atoms with Gasteiger partial charge in [0.25, 0.3) is 5.69 Å². The maximum atomic E-state index is 13.1. The van der Waals surface area contributed by atoms with Crippen molar-refractivity contribution in [2.45, 2.75) is 6.54 Å². The third-order valence-corrected chi connectivity index (χ3v) is 2.71. The summed E-state index contributed by atoms with van der Waals surface area (Å²) in [4.78, 5) is 20.0. The highest BCUT2D eigenvalue weighted by atomic mass is 35.5. The fraction of sp³-hybridized carbons (Fsp3) is 0.100. The number of nitro groups is 2. The zero-order chi connectivity index (χ0) is 14.9. The normalized spacial score (nSPS) is 10.5. The van der Waals surface area contributed by atoms with Crippen LogP contribution in [0.2, 0.25) is 5.02 Å². The average Bonchev–Trinajstić information content (AvgIpc) is 2.70. The van der Waals surface area contributed by atoms with Crippen molar-refractivity contribution in [1.29, 1.82) is 0 Å². The second-order valence-electron chi connectivity index (χ2n) is 3.79. The van der Waals surface area contributed by atoms with Crippen molar-refractivity contribution in [2.75, 3.05) is 0 Å². The molecule has 0 aliphatic rings. The highest BCUT2D eigenvalue weighted by Crippen LogP contribution is 2.24. The first kappa shape index (κ1) is 13.9. The lowest BCUT2D eigenvalue weighted by molar-refractivity contribution is -0.389. The number of rotatable bonds is 4. The Morgan fingerprint density at radius 1 is 1.30 bits per heavy atom. The van der Waals surface area contributed by atoms with Gasteiger partial charge in [-0.3, -0.25) is 10.1 Å². The Hall–Kier alpha value is -2.55. The molecule has 0 radical (unpaired) electrons. The molecule has 0 saturated heterocycles. The van der Waals surface area contributed by atoms with E-state index >= 15 is 0 Å². The van der Waals surface area contributed by atoms with E-state index in [1.165, 1.54) is 0 Å². The van der Waals surface area contributed by atoms with Crippen molar-refractivity contribution in [1.82, 2.24) is 9.78 Å². The minimum Gasteiger partial charge on any atom is -0.358 e. The molecule has 20 heavy (non-hydrogen) atoms. The van der Waals surface area contributed by atoms with Crippen LogP contribution in [0.1, 0.15) is 5.56 Å². The number of aromatic nitrogens is 2. The van der Waals surface area contributed by atoms with Crippen molar-refractivity contribution < 1.29 is 14.2 Å². The van der Waals surface area contributed by atoms with E-state index < -0.39 is 21.5 Å². The maximum absolute atomic E-state index is 13.1. The summed E-state index contributed by atoms with van der Waals surface area (Å²) in [5.74, 6) is -1.22. The molecule has 0 aliphatic carbocycles. The number of halogens is 2. The van der Waals surface area contributed by atoms with Crippen LogP contribution in [0.4, 0.5) is 15.9 Å².